The Morgan fingerprint density at radius 3 is 2.46 bits per heavy atom. The number of nitrogens with two attached hydrogens (primary N) is 1. The fourth-order valence-corrected chi connectivity index (χ4v) is 1.22. The highest BCUT2D eigenvalue weighted by atomic mass is 14.6. The van der Waals surface area contributed by atoms with Crippen LogP contribution in [0, 0.1) is 11.3 Å². The van der Waals surface area contributed by atoms with Gasteiger partial charge in [-0.3, -0.25) is 0 Å². The van der Waals surface area contributed by atoms with Gasteiger partial charge < -0.3 is 5.73 Å². The number of nitriles is 1. The molecule has 0 heterocycles. The third kappa shape index (κ3) is 2.57. The summed E-state index contributed by atoms with van der Waals surface area (Å²) >= 11 is 0. The number of hydrogen-bond donors (Lipinski definition) is 1. The van der Waals surface area contributed by atoms with Crippen LogP contribution in [0.3, 0.4) is 0 Å². The molecule has 0 aromatic heterocycles. The molecule has 0 radical (unpaired) electrons. The van der Waals surface area contributed by atoms with Gasteiger partial charge in [-0.15, -0.1) is 0 Å². The first-order valence-corrected chi connectivity index (χ1v) is 4.49. The van der Waals surface area contributed by atoms with E-state index in [9.17, 15) is 0 Å². The highest BCUT2D eigenvalue weighted by Crippen LogP contribution is 2.14. The molecular formula is C11H14N2. The van der Waals surface area contributed by atoms with Crippen molar-refractivity contribution in [3.63, 3.8) is 0 Å². The monoisotopic (exact) mass is 174 g/mol. The van der Waals surface area contributed by atoms with Crippen LogP contribution in [-0.2, 0) is 6.42 Å². The molecule has 1 atom stereocenters. The highest BCUT2D eigenvalue weighted by molar-refractivity contribution is 5.25. The summed E-state index contributed by atoms with van der Waals surface area (Å²) in [5, 5.41) is 8.47. The van der Waals surface area contributed by atoms with Crippen LogP contribution in [-0.4, -0.2) is 0 Å². The van der Waals surface area contributed by atoms with E-state index in [-0.39, 0.29) is 6.04 Å². The molecule has 0 saturated carbocycles. The summed E-state index contributed by atoms with van der Waals surface area (Å²) in [6.07, 6.45) is 1.42. The molecule has 0 spiro atoms. The van der Waals surface area contributed by atoms with Crippen molar-refractivity contribution in [3.05, 3.63) is 35.4 Å². The fourth-order valence-electron chi connectivity index (χ4n) is 1.22. The minimum atomic E-state index is -0.143. The molecular weight excluding hydrogens is 160 g/mol. The van der Waals surface area contributed by atoms with Crippen molar-refractivity contribution in [2.75, 3.05) is 0 Å². The van der Waals surface area contributed by atoms with Gasteiger partial charge in [-0.1, -0.05) is 31.2 Å². The Morgan fingerprint density at radius 1 is 1.38 bits per heavy atom. The molecule has 1 rings (SSSR count). The maximum Gasteiger partial charge on any atom is 0.0641 e. The smallest absolute Gasteiger partial charge is 0.0641 e. The fraction of sp³-hybridized carbons (Fsp3) is 0.364. The Labute approximate surface area is 79.0 Å². The molecule has 0 unspecified atom stereocenters. The van der Waals surface area contributed by atoms with Crippen molar-refractivity contribution >= 4 is 0 Å². The van der Waals surface area contributed by atoms with Crippen LogP contribution in [0.15, 0.2) is 24.3 Å². The van der Waals surface area contributed by atoms with E-state index >= 15 is 0 Å². The highest BCUT2D eigenvalue weighted by Gasteiger charge is 2.03. The molecule has 13 heavy (non-hydrogen) atoms. The minimum Gasteiger partial charge on any atom is -0.323 e. The van der Waals surface area contributed by atoms with Gasteiger partial charge in [0.15, 0.2) is 0 Å². The molecule has 0 saturated heterocycles. The van der Waals surface area contributed by atoms with Crippen molar-refractivity contribution in [1.29, 1.82) is 5.26 Å². The maximum absolute atomic E-state index is 8.47. The van der Waals surface area contributed by atoms with Crippen LogP contribution in [0.25, 0.3) is 0 Å². The Kier molecular flexibility index (Phi) is 3.48. The molecule has 0 aliphatic heterocycles. The van der Waals surface area contributed by atoms with Crippen molar-refractivity contribution in [1.82, 2.24) is 0 Å². The van der Waals surface area contributed by atoms with E-state index in [1.54, 1.807) is 0 Å². The predicted molar refractivity (Wildman–Crippen MR) is 53.0 cm³/mol. The van der Waals surface area contributed by atoms with Gasteiger partial charge in [0, 0.05) is 6.04 Å². The topological polar surface area (TPSA) is 49.8 Å². The number of benzene rings is 1. The lowest BCUT2D eigenvalue weighted by Crippen LogP contribution is -2.08. The summed E-state index contributed by atoms with van der Waals surface area (Å²) in [6.45, 7) is 2.12. The van der Waals surface area contributed by atoms with Gasteiger partial charge in [-0.2, -0.15) is 5.26 Å². The van der Waals surface area contributed by atoms with Gasteiger partial charge in [-0.05, 0) is 17.5 Å². The average Bonchev–Trinajstić information content (AvgIpc) is 2.18. The van der Waals surface area contributed by atoms with Crippen LogP contribution < -0.4 is 5.73 Å². The Balaban J connectivity index is 2.74. The lowest BCUT2D eigenvalue weighted by atomic mass is 10.0. The second kappa shape index (κ2) is 4.64. The van der Waals surface area contributed by atoms with Crippen molar-refractivity contribution < 1.29 is 0 Å². The molecule has 0 fully saturated rings. The van der Waals surface area contributed by atoms with E-state index in [4.69, 9.17) is 11.0 Å². The minimum absolute atomic E-state index is 0.143. The molecule has 1 aromatic rings. The van der Waals surface area contributed by atoms with E-state index in [1.807, 2.05) is 12.1 Å². The summed E-state index contributed by atoms with van der Waals surface area (Å²) in [5.41, 5.74) is 8.11. The van der Waals surface area contributed by atoms with Crippen LogP contribution >= 0.6 is 0 Å². The average molecular weight is 174 g/mol. The molecule has 68 valence electrons. The maximum atomic E-state index is 8.47. The van der Waals surface area contributed by atoms with Gasteiger partial charge in [0.05, 0.1) is 12.5 Å². The number of nitrogens with zero attached hydrogens (tertiary/aromatic N) is 1. The second-order valence-corrected chi connectivity index (χ2v) is 3.06. The normalized spacial score (nSPS) is 12.1. The zero-order valence-corrected chi connectivity index (χ0v) is 7.83. The van der Waals surface area contributed by atoms with Crippen LogP contribution in [0.4, 0.5) is 0 Å². The quantitative estimate of drug-likeness (QED) is 0.763. The van der Waals surface area contributed by atoms with E-state index in [0.717, 1.165) is 12.0 Å². The third-order valence-electron chi connectivity index (χ3n) is 2.13. The Morgan fingerprint density at radius 2 is 2.00 bits per heavy atom. The summed E-state index contributed by atoms with van der Waals surface area (Å²) in [5.74, 6) is 0. The SMILES string of the molecule is CCc1ccc([C@H](N)CC#N)cc1. The Bertz CT molecular complexity index is 295. The number of aryl methyl sites for hydroxylation is 1. The van der Waals surface area contributed by atoms with Gasteiger partial charge in [0.1, 0.15) is 0 Å². The molecule has 2 heteroatoms. The first-order chi connectivity index (χ1) is 6.27. The first kappa shape index (κ1) is 9.76. The van der Waals surface area contributed by atoms with Crippen molar-refractivity contribution in [3.8, 4) is 6.07 Å². The molecule has 0 bridgehead atoms. The van der Waals surface area contributed by atoms with Gasteiger partial charge >= 0.3 is 0 Å². The number of rotatable bonds is 3. The molecule has 0 aliphatic carbocycles. The van der Waals surface area contributed by atoms with Crippen LogP contribution in [0.1, 0.15) is 30.5 Å². The number of hydrogen-bond acceptors (Lipinski definition) is 2. The van der Waals surface area contributed by atoms with E-state index < -0.39 is 0 Å². The second-order valence-electron chi connectivity index (χ2n) is 3.06. The van der Waals surface area contributed by atoms with Crippen LogP contribution in [0.2, 0.25) is 0 Å². The lowest BCUT2D eigenvalue weighted by Gasteiger charge is -2.07. The summed E-state index contributed by atoms with van der Waals surface area (Å²) in [4.78, 5) is 0. The standard InChI is InChI=1S/C11H14N2/c1-2-9-3-5-10(6-4-9)11(13)7-8-12/h3-6,11H,2,7,13H2,1H3/t11-/m1/s1. The lowest BCUT2D eigenvalue weighted by molar-refractivity contribution is 0.748. The van der Waals surface area contributed by atoms with E-state index in [1.165, 1.54) is 5.56 Å². The Hall–Kier alpha value is -1.33. The molecule has 2 nitrogen and oxygen atoms in total. The van der Waals surface area contributed by atoms with Crippen molar-refractivity contribution in [2.24, 2.45) is 5.73 Å². The molecule has 1 aromatic carbocycles. The molecule has 2 N–H and O–H groups in total. The largest absolute Gasteiger partial charge is 0.323 e. The zero-order chi connectivity index (χ0) is 9.68. The summed E-state index contributed by atoms with van der Waals surface area (Å²) in [6, 6.07) is 10.1. The molecule has 0 aliphatic rings. The molecule has 0 amide bonds. The van der Waals surface area contributed by atoms with E-state index in [2.05, 4.69) is 25.1 Å². The van der Waals surface area contributed by atoms with Gasteiger partial charge in [-0.25, -0.2) is 0 Å². The summed E-state index contributed by atoms with van der Waals surface area (Å²) < 4.78 is 0. The van der Waals surface area contributed by atoms with Crippen LogP contribution in [0.5, 0.6) is 0 Å². The van der Waals surface area contributed by atoms with Gasteiger partial charge in [0.25, 0.3) is 0 Å². The first-order valence-electron chi connectivity index (χ1n) is 4.49. The summed E-state index contributed by atoms with van der Waals surface area (Å²) in [7, 11) is 0. The zero-order valence-electron chi connectivity index (χ0n) is 7.83. The van der Waals surface area contributed by atoms with Gasteiger partial charge in [0.2, 0.25) is 0 Å². The van der Waals surface area contributed by atoms with E-state index in [0.29, 0.717) is 6.42 Å². The van der Waals surface area contributed by atoms with Crippen molar-refractivity contribution in [2.45, 2.75) is 25.8 Å². The third-order valence-corrected chi connectivity index (χ3v) is 2.13. The predicted octanol–water partition coefficient (Wildman–Crippen LogP) is 2.16.